The highest BCUT2D eigenvalue weighted by molar-refractivity contribution is 7.99. The van der Waals surface area contributed by atoms with Gasteiger partial charge in [0, 0.05) is 18.4 Å². The summed E-state index contributed by atoms with van der Waals surface area (Å²) < 4.78 is 25.0. The number of aryl methyl sites for hydroxylation is 1. The smallest absolute Gasteiger partial charge is 0.191 e. The van der Waals surface area contributed by atoms with Crippen LogP contribution in [0.5, 0.6) is 0 Å². The number of hydrogen-bond acceptors (Lipinski definition) is 5. The molecule has 2 heterocycles. The summed E-state index contributed by atoms with van der Waals surface area (Å²) in [6.45, 7) is 2.06. The second-order valence-electron chi connectivity index (χ2n) is 6.14. The summed E-state index contributed by atoms with van der Waals surface area (Å²) in [6.07, 6.45) is 1.52. The normalized spacial score (nSPS) is 18.2. The van der Waals surface area contributed by atoms with Gasteiger partial charge in [-0.15, -0.1) is 10.2 Å². The molecule has 0 atom stereocenters. The SMILES string of the molecule is Cc1ccc(-c2nnc(SCC3CCS(=O)(=O)CC3)n2C)cc1. The van der Waals surface area contributed by atoms with Gasteiger partial charge in [0.2, 0.25) is 0 Å². The second kappa shape index (κ2) is 6.65. The summed E-state index contributed by atoms with van der Waals surface area (Å²) in [5.74, 6) is 2.86. The molecule has 0 amide bonds. The second-order valence-corrected chi connectivity index (χ2v) is 9.43. The molecule has 0 bridgehead atoms. The van der Waals surface area contributed by atoms with Gasteiger partial charge in [-0.3, -0.25) is 0 Å². The van der Waals surface area contributed by atoms with E-state index in [1.54, 1.807) is 11.8 Å². The average Bonchev–Trinajstić information content (AvgIpc) is 2.88. The third-order valence-corrected chi connectivity index (χ3v) is 7.23. The molecule has 1 aromatic carbocycles. The van der Waals surface area contributed by atoms with Gasteiger partial charge in [0.25, 0.3) is 0 Å². The first kappa shape index (κ1) is 16.5. The molecule has 0 unspecified atom stereocenters. The van der Waals surface area contributed by atoms with E-state index < -0.39 is 9.84 Å². The minimum atomic E-state index is -2.78. The van der Waals surface area contributed by atoms with Crippen molar-refractivity contribution in [3.8, 4) is 11.4 Å². The molecule has 23 heavy (non-hydrogen) atoms. The van der Waals surface area contributed by atoms with Crippen LogP contribution in [-0.2, 0) is 16.9 Å². The van der Waals surface area contributed by atoms with E-state index in [-0.39, 0.29) is 0 Å². The van der Waals surface area contributed by atoms with Crippen molar-refractivity contribution in [3.05, 3.63) is 29.8 Å². The number of aromatic nitrogens is 3. The average molecular weight is 351 g/mol. The van der Waals surface area contributed by atoms with E-state index in [1.807, 2.05) is 11.6 Å². The van der Waals surface area contributed by atoms with Crippen LogP contribution in [0.4, 0.5) is 0 Å². The molecule has 5 nitrogen and oxygen atoms in total. The Bertz CT molecular complexity index is 768. The van der Waals surface area contributed by atoms with E-state index in [9.17, 15) is 8.42 Å². The molecule has 124 valence electrons. The van der Waals surface area contributed by atoms with Gasteiger partial charge in [0.05, 0.1) is 11.5 Å². The lowest BCUT2D eigenvalue weighted by molar-refractivity contribution is 0.506. The van der Waals surface area contributed by atoms with Gasteiger partial charge < -0.3 is 4.57 Å². The van der Waals surface area contributed by atoms with Crippen LogP contribution in [0.2, 0.25) is 0 Å². The van der Waals surface area contributed by atoms with E-state index in [2.05, 4.69) is 41.4 Å². The van der Waals surface area contributed by atoms with Crippen LogP contribution in [0.3, 0.4) is 0 Å². The Morgan fingerprint density at radius 3 is 2.48 bits per heavy atom. The summed E-state index contributed by atoms with van der Waals surface area (Å²) in [5, 5.41) is 9.47. The Labute approximate surface area is 141 Å². The fraction of sp³-hybridized carbons (Fsp3) is 0.500. The summed E-state index contributed by atoms with van der Waals surface area (Å²) in [5.41, 5.74) is 2.28. The largest absolute Gasteiger partial charge is 0.305 e. The molecular weight excluding hydrogens is 330 g/mol. The molecule has 0 saturated carbocycles. The van der Waals surface area contributed by atoms with Gasteiger partial charge in [0.15, 0.2) is 11.0 Å². The first-order valence-corrected chi connectivity index (χ1v) is 10.5. The summed E-state index contributed by atoms with van der Waals surface area (Å²) in [4.78, 5) is 0. The zero-order valence-corrected chi connectivity index (χ0v) is 15.0. The van der Waals surface area contributed by atoms with E-state index in [1.165, 1.54) is 5.56 Å². The topological polar surface area (TPSA) is 64.8 Å². The number of thioether (sulfide) groups is 1. The fourth-order valence-corrected chi connectivity index (χ4v) is 5.38. The highest BCUT2D eigenvalue weighted by atomic mass is 32.2. The molecular formula is C16H21N3O2S2. The van der Waals surface area contributed by atoms with Crippen LogP contribution < -0.4 is 0 Å². The van der Waals surface area contributed by atoms with Crippen molar-refractivity contribution in [1.29, 1.82) is 0 Å². The Balaban J connectivity index is 1.65. The molecule has 1 aliphatic rings. The Hall–Kier alpha value is -1.34. The molecule has 1 aromatic heterocycles. The van der Waals surface area contributed by atoms with Crippen LogP contribution in [0.15, 0.2) is 29.4 Å². The zero-order valence-electron chi connectivity index (χ0n) is 13.4. The standard InChI is InChI=1S/C16H21N3O2S2/c1-12-3-5-14(6-4-12)15-17-18-16(19(15)2)22-11-13-7-9-23(20,21)10-8-13/h3-6,13H,7-11H2,1-2H3. The van der Waals surface area contributed by atoms with Crippen molar-refractivity contribution in [2.24, 2.45) is 13.0 Å². The van der Waals surface area contributed by atoms with Crippen molar-refractivity contribution in [1.82, 2.24) is 14.8 Å². The highest BCUT2D eigenvalue weighted by Crippen LogP contribution is 2.28. The lowest BCUT2D eigenvalue weighted by Gasteiger charge is -2.21. The van der Waals surface area contributed by atoms with Gasteiger partial charge in [-0.1, -0.05) is 41.6 Å². The van der Waals surface area contributed by atoms with Crippen molar-refractivity contribution < 1.29 is 8.42 Å². The fourth-order valence-electron chi connectivity index (χ4n) is 2.69. The highest BCUT2D eigenvalue weighted by Gasteiger charge is 2.24. The third kappa shape index (κ3) is 3.95. The molecule has 3 rings (SSSR count). The maximum absolute atomic E-state index is 11.5. The minimum Gasteiger partial charge on any atom is -0.305 e. The van der Waals surface area contributed by atoms with Crippen LogP contribution in [0.1, 0.15) is 18.4 Å². The number of benzene rings is 1. The van der Waals surface area contributed by atoms with Gasteiger partial charge in [-0.2, -0.15) is 0 Å². The van der Waals surface area contributed by atoms with Crippen LogP contribution in [0, 0.1) is 12.8 Å². The molecule has 1 aliphatic heterocycles. The van der Waals surface area contributed by atoms with Crippen molar-refractivity contribution >= 4 is 21.6 Å². The first-order valence-electron chi connectivity index (χ1n) is 7.74. The van der Waals surface area contributed by atoms with Crippen LogP contribution in [0.25, 0.3) is 11.4 Å². The molecule has 1 fully saturated rings. The molecule has 0 aliphatic carbocycles. The van der Waals surface area contributed by atoms with E-state index in [4.69, 9.17) is 0 Å². The zero-order chi connectivity index (χ0) is 16.4. The molecule has 2 aromatic rings. The summed E-state index contributed by atoms with van der Waals surface area (Å²) in [6, 6.07) is 8.25. The lowest BCUT2D eigenvalue weighted by Crippen LogP contribution is -2.24. The predicted octanol–water partition coefficient (Wildman–Crippen LogP) is 2.71. The molecule has 1 saturated heterocycles. The van der Waals surface area contributed by atoms with Gasteiger partial charge >= 0.3 is 0 Å². The number of sulfone groups is 1. The first-order chi connectivity index (χ1) is 10.9. The molecule has 0 N–H and O–H groups in total. The monoisotopic (exact) mass is 351 g/mol. The van der Waals surface area contributed by atoms with E-state index in [0.717, 1.165) is 35.1 Å². The predicted molar refractivity (Wildman–Crippen MR) is 93.3 cm³/mol. The number of hydrogen-bond donors (Lipinski definition) is 0. The number of nitrogens with zero attached hydrogens (tertiary/aromatic N) is 3. The van der Waals surface area contributed by atoms with Gasteiger partial charge in [-0.05, 0) is 25.7 Å². The van der Waals surface area contributed by atoms with E-state index >= 15 is 0 Å². The van der Waals surface area contributed by atoms with Crippen molar-refractivity contribution in [2.75, 3.05) is 17.3 Å². The third-order valence-electron chi connectivity index (χ3n) is 4.27. The van der Waals surface area contributed by atoms with Crippen LogP contribution in [-0.4, -0.2) is 40.4 Å². The molecule has 7 heteroatoms. The maximum atomic E-state index is 11.5. The molecule has 0 radical (unpaired) electrons. The molecule has 0 spiro atoms. The number of rotatable bonds is 4. The summed E-state index contributed by atoms with van der Waals surface area (Å²) >= 11 is 1.67. The Kier molecular flexibility index (Phi) is 4.77. The maximum Gasteiger partial charge on any atom is 0.191 e. The van der Waals surface area contributed by atoms with Gasteiger partial charge in [0.1, 0.15) is 9.84 Å². The minimum absolute atomic E-state index is 0.325. The summed E-state index contributed by atoms with van der Waals surface area (Å²) in [7, 11) is -0.810. The van der Waals surface area contributed by atoms with Crippen molar-refractivity contribution in [2.45, 2.75) is 24.9 Å². The quantitative estimate of drug-likeness (QED) is 0.793. The van der Waals surface area contributed by atoms with Gasteiger partial charge in [-0.25, -0.2) is 8.42 Å². The van der Waals surface area contributed by atoms with E-state index in [0.29, 0.717) is 17.4 Å². The Morgan fingerprint density at radius 2 is 1.83 bits per heavy atom. The Morgan fingerprint density at radius 1 is 1.17 bits per heavy atom. The van der Waals surface area contributed by atoms with Crippen LogP contribution >= 0.6 is 11.8 Å². The lowest BCUT2D eigenvalue weighted by atomic mass is 10.1. The van der Waals surface area contributed by atoms with Crippen molar-refractivity contribution in [3.63, 3.8) is 0 Å².